The van der Waals surface area contributed by atoms with Crippen LogP contribution in [0.2, 0.25) is 0 Å². The number of rotatable bonds is 3. The van der Waals surface area contributed by atoms with Crippen LogP contribution >= 0.6 is 0 Å². The van der Waals surface area contributed by atoms with E-state index in [4.69, 9.17) is 5.73 Å². The van der Waals surface area contributed by atoms with E-state index in [1.54, 1.807) is 12.1 Å². The normalized spacial score (nSPS) is 32.1. The highest BCUT2D eigenvalue weighted by molar-refractivity contribution is 7.91. The summed E-state index contributed by atoms with van der Waals surface area (Å²) < 4.78 is 23.7. The Bertz CT molecular complexity index is 1370. The van der Waals surface area contributed by atoms with Crippen LogP contribution in [-0.2, 0) is 30.6 Å². The van der Waals surface area contributed by atoms with Gasteiger partial charge in [-0.3, -0.25) is 14.4 Å². The molecular weight excluding hydrogens is 492 g/mol. The molecule has 1 amide bonds. The summed E-state index contributed by atoms with van der Waals surface area (Å²) in [5.74, 6) is -7.35. The van der Waals surface area contributed by atoms with Crippen LogP contribution in [0.25, 0.3) is 5.76 Å². The number of amides is 1. The van der Waals surface area contributed by atoms with Crippen LogP contribution in [0.3, 0.4) is 0 Å². The number of Topliss-reactive ketones (excluding diaryl/α,β-unsaturated/α-hetero) is 2. The predicted molar refractivity (Wildman–Crippen MR) is 125 cm³/mol. The highest BCUT2D eigenvalue weighted by Crippen LogP contribution is 2.52. The van der Waals surface area contributed by atoms with Crippen molar-refractivity contribution in [2.45, 2.75) is 43.4 Å². The summed E-state index contributed by atoms with van der Waals surface area (Å²) >= 11 is 0. The zero-order valence-electron chi connectivity index (χ0n) is 19.1. The van der Waals surface area contributed by atoms with Crippen molar-refractivity contribution in [2.24, 2.45) is 17.6 Å². The molecule has 1 saturated heterocycles. The second-order valence-electron chi connectivity index (χ2n) is 9.93. The Balaban J connectivity index is 1.62. The van der Waals surface area contributed by atoms with E-state index >= 15 is 0 Å². The van der Waals surface area contributed by atoms with Gasteiger partial charge in [-0.1, -0.05) is 12.1 Å². The number of hydrogen-bond acceptors (Lipinski definition) is 10. The molecule has 1 aromatic carbocycles. The molecule has 0 bridgehead atoms. The van der Waals surface area contributed by atoms with E-state index in [9.17, 15) is 43.2 Å². The molecule has 0 spiro atoms. The Kier molecular flexibility index (Phi) is 5.54. The third-order valence-electron chi connectivity index (χ3n) is 7.91. The summed E-state index contributed by atoms with van der Waals surface area (Å²) in [4.78, 5) is 39.2. The van der Waals surface area contributed by atoms with E-state index in [1.807, 2.05) is 0 Å². The van der Waals surface area contributed by atoms with Crippen LogP contribution in [0.15, 0.2) is 35.1 Å². The van der Waals surface area contributed by atoms with Crippen molar-refractivity contribution in [3.63, 3.8) is 0 Å². The van der Waals surface area contributed by atoms with Gasteiger partial charge >= 0.3 is 0 Å². The van der Waals surface area contributed by atoms with Gasteiger partial charge in [0.1, 0.15) is 32.7 Å². The standard InChI is InChI=1S/C24H26N2O9S/c25-23(32)17-20(29)18(26-12-4-6-36(34,35)7-5-12)13-9-11-8-10-2-1-3-14(27)15(10)19(28)16(11)21(30)24(13,33)22(17)31/h1-3,11-13,18,26-28,31,33H,4-9H2,(H2,25,32)/t11-,13-,18+,24-/m0/s1. The Hall–Kier alpha value is -3.22. The van der Waals surface area contributed by atoms with Crippen LogP contribution < -0.4 is 11.1 Å². The highest BCUT2D eigenvalue weighted by Gasteiger charge is 2.63. The van der Waals surface area contributed by atoms with Crippen molar-refractivity contribution in [1.29, 1.82) is 0 Å². The average molecular weight is 519 g/mol. The summed E-state index contributed by atoms with van der Waals surface area (Å²) in [7, 11) is -3.21. The number of primary amides is 1. The summed E-state index contributed by atoms with van der Waals surface area (Å²) in [6.45, 7) is 0. The number of hydrogen-bond donors (Lipinski definition) is 6. The van der Waals surface area contributed by atoms with E-state index < -0.39 is 73.9 Å². The number of carbonyl (C=O) groups excluding carboxylic acids is 3. The molecule has 0 aromatic heterocycles. The number of sulfone groups is 1. The first kappa shape index (κ1) is 24.5. The van der Waals surface area contributed by atoms with Crippen LogP contribution in [0.5, 0.6) is 5.75 Å². The molecule has 4 aliphatic rings. The van der Waals surface area contributed by atoms with E-state index in [2.05, 4.69) is 5.32 Å². The summed E-state index contributed by atoms with van der Waals surface area (Å²) in [6, 6.07) is 2.85. The van der Waals surface area contributed by atoms with Crippen molar-refractivity contribution < 1.29 is 43.2 Å². The van der Waals surface area contributed by atoms with Gasteiger partial charge in [0.2, 0.25) is 5.78 Å². The molecule has 11 nitrogen and oxygen atoms in total. The highest BCUT2D eigenvalue weighted by atomic mass is 32.2. The van der Waals surface area contributed by atoms with Crippen molar-refractivity contribution in [3.05, 3.63) is 46.2 Å². The van der Waals surface area contributed by atoms with Crippen molar-refractivity contribution >= 4 is 33.1 Å². The van der Waals surface area contributed by atoms with Gasteiger partial charge in [0.05, 0.1) is 23.1 Å². The molecule has 1 saturated carbocycles. The van der Waals surface area contributed by atoms with Gasteiger partial charge in [-0.25, -0.2) is 8.42 Å². The molecule has 1 heterocycles. The Morgan fingerprint density at radius 3 is 2.42 bits per heavy atom. The fourth-order valence-corrected chi connectivity index (χ4v) is 7.61. The second-order valence-corrected chi connectivity index (χ2v) is 12.2. The lowest BCUT2D eigenvalue weighted by atomic mass is 9.57. The zero-order chi connectivity index (χ0) is 26.2. The monoisotopic (exact) mass is 518 g/mol. The minimum absolute atomic E-state index is 0.0265. The molecule has 36 heavy (non-hydrogen) atoms. The maximum atomic E-state index is 13.7. The number of aliphatic hydroxyl groups excluding tert-OH is 2. The number of aliphatic hydroxyl groups is 3. The van der Waals surface area contributed by atoms with Gasteiger partial charge in [0.15, 0.2) is 11.4 Å². The van der Waals surface area contributed by atoms with Crippen molar-refractivity contribution in [3.8, 4) is 5.75 Å². The number of benzene rings is 1. The Morgan fingerprint density at radius 1 is 1.11 bits per heavy atom. The molecule has 1 aliphatic heterocycles. The maximum absolute atomic E-state index is 13.7. The minimum Gasteiger partial charge on any atom is -0.508 e. The molecule has 2 fully saturated rings. The second kappa shape index (κ2) is 8.15. The molecule has 5 rings (SSSR count). The van der Waals surface area contributed by atoms with Crippen LogP contribution in [0.4, 0.5) is 0 Å². The molecule has 0 radical (unpaired) electrons. The molecule has 1 aromatic rings. The fraction of sp³-hybridized carbons (Fsp3) is 0.458. The Labute approximate surface area is 206 Å². The number of carbonyl (C=O) groups is 3. The van der Waals surface area contributed by atoms with Gasteiger partial charge in [0.25, 0.3) is 5.91 Å². The summed E-state index contributed by atoms with van der Waals surface area (Å²) in [5.41, 5.74) is 2.09. The lowest BCUT2D eigenvalue weighted by Gasteiger charge is -2.49. The van der Waals surface area contributed by atoms with E-state index in [1.165, 1.54) is 6.07 Å². The molecule has 0 unspecified atom stereocenters. The molecule has 4 atom stereocenters. The first-order chi connectivity index (χ1) is 16.9. The van der Waals surface area contributed by atoms with Gasteiger partial charge < -0.3 is 31.5 Å². The van der Waals surface area contributed by atoms with Gasteiger partial charge in [-0.15, -0.1) is 0 Å². The number of fused-ring (bicyclic) bond motifs is 3. The van der Waals surface area contributed by atoms with Crippen molar-refractivity contribution in [2.75, 3.05) is 11.5 Å². The maximum Gasteiger partial charge on any atom is 0.255 e. The fourth-order valence-electron chi connectivity index (χ4n) is 6.12. The van der Waals surface area contributed by atoms with Gasteiger partial charge in [-0.2, -0.15) is 0 Å². The predicted octanol–water partition coefficient (Wildman–Crippen LogP) is -0.431. The van der Waals surface area contributed by atoms with E-state index in [-0.39, 0.29) is 54.1 Å². The quantitative estimate of drug-likeness (QED) is 0.285. The number of nitrogens with one attached hydrogen (secondary N) is 1. The number of phenolic OH excluding ortho intramolecular Hbond substituents is 1. The Morgan fingerprint density at radius 2 is 1.78 bits per heavy atom. The average Bonchev–Trinajstić information content (AvgIpc) is 2.79. The molecule has 12 heteroatoms. The number of ketones is 2. The lowest BCUT2D eigenvalue weighted by molar-refractivity contribution is -0.150. The summed E-state index contributed by atoms with van der Waals surface area (Å²) in [6.07, 6.45) is 0.572. The molecule has 192 valence electrons. The first-order valence-corrected chi connectivity index (χ1v) is 13.4. The topological polar surface area (TPSA) is 204 Å². The molecular formula is C24H26N2O9S. The van der Waals surface area contributed by atoms with Gasteiger partial charge in [0, 0.05) is 17.5 Å². The third-order valence-corrected chi connectivity index (χ3v) is 9.62. The van der Waals surface area contributed by atoms with Crippen LogP contribution in [0.1, 0.15) is 30.4 Å². The van der Waals surface area contributed by atoms with Crippen LogP contribution in [0, 0.1) is 11.8 Å². The van der Waals surface area contributed by atoms with E-state index in [0.717, 1.165) is 0 Å². The third kappa shape index (κ3) is 3.46. The largest absolute Gasteiger partial charge is 0.508 e. The number of phenols is 1. The van der Waals surface area contributed by atoms with Crippen molar-refractivity contribution in [1.82, 2.24) is 5.32 Å². The van der Waals surface area contributed by atoms with E-state index in [0.29, 0.717) is 5.56 Å². The zero-order valence-corrected chi connectivity index (χ0v) is 19.9. The summed E-state index contributed by atoms with van der Waals surface area (Å²) in [5, 5.41) is 46.8. The minimum atomic E-state index is -3.21. The molecule has 7 N–H and O–H groups in total. The van der Waals surface area contributed by atoms with Crippen LogP contribution in [-0.4, -0.2) is 75.5 Å². The SMILES string of the molecule is NC(=O)C1=C(O)[C@@]2(O)C(=O)C3=C(O)c4c(O)cccc4C[C@H]3C[C@H]2[C@@H](NC2CCS(=O)(=O)CC2)C1=O. The molecule has 3 aliphatic carbocycles. The van der Waals surface area contributed by atoms with Gasteiger partial charge in [-0.05, 0) is 43.2 Å². The number of nitrogens with two attached hydrogens (primary N) is 1. The number of aromatic hydroxyl groups is 1. The first-order valence-electron chi connectivity index (χ1n) is 11.6. The lowest BCUT2D eigenvalue weighted by Crippen LogP contribution is -2.67. The smallest absolute Gasteiger partial charge is 0.255 e.